The molecule has 2 saturated heterocycles. The Morgan fingerprint density at radius 2 is 2.08 bits per heavy atom. The zero-order valence-electron chi connectivity index (χ0n) is 22.0. The quantitative estimate of drug-likeness (QED) is 0.497. The Hall–Kier alpha value is -3.70. The zero-order valence-corrected chi connectivity index (χ0v) is 22.0. The number of carbonyl (C=O) groups is 1. The molecule has 7 rings (SSSR count). The highest BCUT2D eigenvalue weighted by Crippen LogP contribution is 2.47. The summed E-state index contributed by atoms with van der Waals surface area (Å²) in [6, 6.07) is 6.79. The van der Waals surface area contributed by atoms with Crippen molar-refractivity contribution >= 4 is 22.6 Å². The molecule has 8 nitrogen and oxygen atoms in total. The highest BCUT2D eigenvalue weighted by atomic mass is 16.5. The normalized spacial score (nSPS) is 21.9. The van der Waals surface area contributed by atoms with E-state index in [4.69, 9.17) is 9.72 Å². The summed E-state index contributed by atoms with van der Waals surface area (Å²) in [7, 11) is 1.96. The lowest BCUT2D eigenvalue weighted by Crippen LogP contribution is -2.59. The summed E-state index contributed by atoms with van der Waals surface area (Å²) < 4.78 is 8.30. The van der Waals surface area contributed by atoms with Crippen molar-refractivity contribution in [1.82, 2.24) is 19.7 Å². The van der Waals surface area contributed by atoms with Crippen LogP contribution in [0.25, 0.3) is 22.0 Å². The number of carbonyl (C=O) groups excluding carboxylic acids is 1. The molecular weight excluding hydrogens is 476 g/mol. The molecule has 194 valence electrons. The maximum Gasteiger partial charge on any atom is 0.245 e. The van der Waals surface area contributed by atoms with Crippen LogP contribution in [0.5, 0.6) is 0 Å². The third-order valence-electron chi connectivity index (χ3n) is 9.10. The molecule has 1 aliphatic carbocycles. The van der Waals surface area contributed by atoms with Crippen LogP contribution in [0.15, 0.2) is 31.0 Å². The molecule has 1 aromatic carbocycles. The molecule has 38 heavy (non-hydrogen) atoms. The summed E-state index contributed by atoms with van der Waals surface area (Å²) in [6.07, 6.45) is 7.69. The molecule has 2 aromatic heterocycles. The highest BCUT2D eigenvalue weighted by molar-refractivity contribution is 5.99. The molecule has 8 heteroatoms. The van der Waals surface area contributed by atoms with E-state index in [1.54, 1.807) is 0 Å². The van der Waals surface area contributed by atoms with Crippen molar-refractivity contribution in [3.8, 4) is 17.2 Å². The van der Waals surface area contributed by atoms with Crippen LogP contribution >= 0.6 is 0 Å². The first-order valence-electron chi connectivity index (χ1n) is 13.6. The molecule has 1 spiro atoms. The van der Waals surface area contributed by atoms with Gasteiger partial charge < -0.3 is 14.5 Å². The van der Waals surface area contributed by atoms with E-state index in [2.05, 4.69) is 41.7 Å². The first-order chi connectivity index (χ1) is 18.4. The number of aryl methyl sites for hydroxylation is 2. The number of nitrogens with zero attached hydrogens (tertiary/aromatic N) is 6. The standard InChI is InChI=1S/C30H32N6O2/c1-4-25(37)36-16-30(17-36)9-10-35(15-30)29-21(12-31)27(22-14-38-24(19-7-8-19)11-23(22)33-29)26-18(2)5-6-20-13-32-34(3)28(20)26/h4-6,13,19,24H,1,7-11,14-17H2,2-3H3. The molecule has 1 saturated carbocycles. The van der Waals surface area contributed by atoms with Gasteiger partial charge in [-0.3, -0.25) is 9.48 Å². The molecule has 3 aromatic rings. The van der Waals surface area contributed by atoms with Gasteiger partial charge in [0.05, 0.1) is 30.1 Å². The molecule has 0 bridgehead atoms. The summed E-state index contributed by atoms with van der Waals surface area (Å²) in [4.78, 5) is 21.5. The second kappa shape index (κ2) is 8.40. The fourth-order valence-corrected chi connectivity index (χ4v) is 6.91. The van der Waals surface area contributed by atoms with Gasteiger partial charge in [-0.1, -0.05) is 18.7 Å². The largest absolute Gasteiger partial charge is 0.373 e. The molecule has 3 fully saturated rings. The second-order valence-corrected chi connectivity index (χ2v) is 11.6. The van der Waals surface area contributed by atoms with Gasteiger partial charge in [-0.15, -0.1) is 0 Å². The van der Waals surface area contributed by atoms with E-state index in [9.17, 15) is 10.1 Å². The summed E-state index contributed by atoms with van der Waals surface area (Å²) in [5.74, 6) is 1.39. The Kier molecular flexibility index (Phi) is 5.18. The van der Waals surface area contributed by atoms with Crippen molar-refractivity contribution in [2.75, 3.05) is 31.1 Å². The predicted molar refractivity (Wildman–Crippen MR) is 144 cm³/mol. The van der Waals surface area contributed by atoms with Crippen molar-refractivity contribution in [2.24, 2.45) is 18.4 Å². The van der Waals surface area contributed by atoms with Gasteiger partial charge in [-0.2, -0.15) is 10.4 Å². The smallest absolute Gasteiger partial charge is 0.245 e. The van der Waals surface area contributed by atoms with Gasteiger partial charge in [-0.05, 0) is 43.7 Å². The molecule has 1 unspecified atom stereocenters. The number of nitriles is 1. The molecule has 1 atom stereocenters. The van der Waals surface area contributed by atoms with Crippen LogP contribution in [-0.4, -0.2) is 57.9 Å². The predicted octanol–water partition coefficient (Wildman–Crippen LogP) is 3.89. The number of aromatic nitrogens is 3. The van der Waals surface area contributed by atoms with Gasteiger partial charge in [0, 0.05) is 67.1 Å². The average Bonchev–Trinajstić information content (AvgIpc) is 3.56. The van der Waals surface area contributed by atoms with Gasteiger partial charge in [0.25, 0.3) is 0 Å². The summed E-state index contributed by atoms with van der Waals surface area (Å²) in [5.41, 5.74) is 6.91. The Morgan fingerprint density at radius 1 is 1.26 bits per heavy atom. The van der Waals surface area contributed by atoms with Crippen molar-refractivity contribution in [1.29, 1.82) is 5.26 Å². The monoisotopic (exact) mass is 508 g/mol. The minimum atomic E-state index is -0.00755. The lowest BCUT2D eigenvalue weighted by molar-refractivity contribution is -0.136. The number of anilines is 1. The van der Waals surface area contributed by atoms with E-state index in [1.165, 1.54) is 18.9 Å². The van der Waals surface area contributed by atoms with Crippen LogP contribution in [-0.2, 0) is 29.6 Å². The van der Waals surface area contributed by atoms with Crippen LogP contribution in [0.3, 0.4) is 0 Å². The maximum absolute atomic E-state index is 12.1. The first-order valence-corrected chi connectivity index (χ1v) is 13.6. The third kappa shape index (κ3) is 3.48. The zero-order chi connectivity index (χ0) is 26.2. The lowest BCUT2D eigenvalue weighted by Gasteiger charge is -2.47. The van der Waals surface area contributed by atoms with Crippen molar-refractivity contribution in [3.05, 3.63) is 53.4 Å². The molecule has 0 N–H and O–H groups in total. The van der Waals surface area contributed by atoms with E-state index in [1.807, 2.05) is 22.8 Å². The van der Waals surface area contributed by atoms with Gasteiger partial charge >= 0.3 is 0 Å². The number of hydrogen-bond acceptors (Lipinski definition) is 6. The third-order valence-corrected chi connectivity index (χ3v) is 9.10. The number of amides is 1. The molecule has 0 radical (unpaired) electrons. The van der Waals surface area contributed by atoms with E-state index < -0.39 is 0 Å². The number of likely N-dealkylation sites (tertiary alicyclic amines) is 1. The number of ether oxygens (including phenoxy) is 1. The van der Waals surface area contributed by atoms with E-state index in [0.29, 0.717) is 18.1 Å². The van der Waals surface area contributed by atoms with Gasteiger partial charge in [0.2, 0.25) is 5.91 Å². The van der Waals surface area contributed by atoms with Crippen LogP contribution in [0.4, 0.5) is 5.82 Å². The minimum Gasteiger partial charge on any atom is -0.373 e. The summed E-state index contributed by atoms with van der Waals surface area (Å²) in [6.45, 7) is 9.31. The van der Waals surface area contributed by atoms with Crippen LogP contribution in [0.1, 0.15) is 41.6 Å². The minimum absolute atomic E-state index is 0.00755. The number of benzene rings is 1. The lowest BCUT2D eigenvalue weighted by atomic mass is 9.79. The average molecular weight is 509 g/mol. The highest BCUT2D eigenvalue weighted by Gasteiger charge is 2.50. The fourth-order valence-electron chi connectivity index (χ4n) is 6.91. The second-order valence-electron chi connectivity index (χ2n) is 11.6. The number of hydrogen-bond donors (Lipinski definition) is 0. The van der Waals surface area contributed by atoms with E-state index in [0.717, 1.165) is 83.7 Å². The number of rotatable bonds is 4. The van der Waals surface area contributed by atoms with Crippen LogP contribution < -0.4 is 4.90 Å². The SMILES string of the molecule is C=CC(=O)N1CC2(CCN(c3nc4c(c(-c5c(C)ccc6cnn(C)c56)c3C#N)COC(C3CC3)C4)C2)C1. The molecule has 1 amide bonds. The molecule has 4 aliphatic rings. The Balaban J connectivity index is 1.37. The van der Waals surface area contributed by atoms with Gasteiger partial charge in [0.15, 0.2) is 0 Å². The Morgan fingerprint density at radius 3 is 2.82 bits per heavy atom. The van der Waals surface area contributed by atoms with Crippen molar-refractivity contribution < 1.29 is 9.53 Å². The van der Waals surface area contributed by atoms with Crippen LogP contribution in [0.2, 0.25) is 0 Å². The number of fused-ring (bicyclic) bond motifs is 2. The van der Waals surface area contributed by atoms with Crippen LogP contribution in [0, 0.1) is 29.6 Å². The molecule has 5 heterocycles. The summed E-state index contributed by atoms with van der Waals surface area (Å²) in [5, 5.41) is 16.3. The number of pyridine rings is 1. The fraction of sp³-hybridized carbons (Fsp3) is 0.467. The maximum atomic E-state index is 12.1. The first kappa shape index (κ1) is 23.4. The Labute approximate surface area is 222 Å². The van der Waals surface area contributed by atoms with Gasteiger partial charge in [-0.25, -0.2) is 4.98 Å². The Bertz CT molecular complexity index is 1540. The molecule has 3 aliphatic heterocycles. The summed E-state index contributed by atoms with van der Waals surface area (Å²) >= 11 is 0. The van der Waals surface area contributed by atoms with Crippen molar-refractivity contribution in [2.45, 2.75) is 45.3 Å². The van der Waals surface area contributed by atoms with E-state index in [-0.39, 0.29) is 17.4 Å². The van der Waals surface area contributed by atoms with E-state index >= 15 is 0 Å². The topological polar surface area (TPSA) is 87.3 Å². The molecular formula is C30H32N6O2. The van der Waals surface area contributed by atoms with Gasteiger partial charge in [0.1, 0.15) is 17.5 Å². The van der Waals surface area contributed by atoms with Crippen molar-refractivity contribution in [3.63, 3.8) is 0 Å².